The number of benzene rings is 4. The number of aromatic nitrogens is 5. The third kappa shape index (κ3) is 5.25. The summed E-state index contributed by atoms with van der Waals surface area (Å²) in [5.74, 6) is -0.283. The number of nitrogens with zero attached hydrogens (tertiary/aromatic N) is 5. The molecular formula is C32H24FN5O3. The molecule has 9 heteroatoms. The molecule has 0 spiro atoms. The third-order valence-corrected chi connectivity index (χ3v) is 6.44. The highest BCUT2D eigenvalue weighted by Gasteiger charge is 2.17. The summed E-state index contributed by atoms with van der Waals surface area (Å²) in [6.45, 7) is 3.70. The minimum atomic E-state index is -1.04. The Morgan fingerprint density at radius 1 is 0.829 bits per heavy atom. The average molecular weight is 546 g/mol. The number of ether oxygens (including phenoxy) is 1. The maximum Gasteiger partial charge on any atom is 0.335 e. The van der Waals surface area contributed by atoms with Gasteiger partial charge < -0.3 is 9.84 Å². The van der Waals surface area contributed by atoms with Gasteiger partial charge in [0, 0.05) is 23.5 Å². The van der Waals surface area contributed by atoms with E-state index in [2.05, 4.69) is 9.97 Å². The molecule has 2 aromatic heterocycles. The highest BCUT2D eigenvalue weighted by molar-refractivity contribution is 5.88. The van der Waals surface area contributed by atoms with Crippen molar-refractivity contribution in [1.29, 1.82) is 0 Å². The van der Waals surface area contributed by atoms with Crippen molar-refractivity contribution < 1.29 is 19.0 Å². The van der Waals surface area contributed by atoms with E-state index in [1.54, 1.807) is 41.3 Å². The number of aromatic carboxylic acids is 1. The molecule has 2 heterocycles. The molecule has 0 aliphatic carbocycles. The monoisotopic (exact) mass is 545 g/mol. The SMILES string of the molecule is CC(C)Oc1ccc(-c2ccc(-c3nc(-c4ccc5nccnc5c4)n(-c4cccc(C(=O)O)c4)n3)cc2)cc1F. The van der Waals surface area contributed by atoms with Crippen LogP contribution >= 0.6 is 0 Å². The van der Waals surface area contributed by atoms with Gasteiger partial charge >= 0.3 is 5.97 Å². The lowest BCUT2D eigenvalue weighted by Gasteiger charge is -2.11. The van der Waals surface area contributed by atoms with Crippen LogP contribution in [0.3, 0.4) is 0 Å². The van der Waals surface area contributed by atoms with Crippen LogP contribution in [0.15, 0.2) is 97.3 Å². The van der Waals surface area contributed by atoms with Gasteiger partial charge in [-0.25, -0.2) is 18.9 Å². The Labute approximate surface area is 234 Å². The van der Waals surface area contributed by atoms with Gasteiger partial charge in [-0.15, -0.1) is 5.10 Å². The predicted molar refractivity (Wildman–Crippen MR) is 153 cm³/mol. The zero-order chi connectivity index (χ0) is 28.5. The number of fused-ring (bicyclic) bond motifs is 1. The lowest BCUT2D eigenvalue weighted by Crippen LogP contribution is -2.06. The maximum absolute atomic E-state index is 14.6. The number of carboxylic acids is 1. The summed E-state index contributed by atoms with van der Waals surface area (Å²) in [7, 11) is 0. The first-order valence-electron chi connectivity index (χ1n) is 12.9. The summed E-state index contributed by atoms with van der Waals surface area (Å²) >= 11 is 0. The second-order valence-corrected chi connectivity index (χ2v) is 9.68. The summed E-state index contributed by atoms with van der Waals surface area (Å²) < 4.78 is 21.7. The molecule has 0 saturated carbocycles. The fraction of sp³-hybridized carbons (Fsp3) is 0.0938. The summed E-state index contributed by atoms with van der Waals surface area (Å²) in [6, 6.07) is 24.5. The Morgan fingerprint density at radius 2 is 1.54 bits per heavy atom. The van der Waals surface area contributed by atoms with Crippen LogP contribution in [0.25, 0.3) is 50.6 Å². The zero-order valence-electron chi connectivity index (χ0n) is 22.2. The van der Waals surface area contributed by atoms with Gasteiger partial charge in [0.2, 0.25) is 0 Å². The molecule has 0 aliphatic rings. The van der Waals surface area contributed by atoms with Gasteiger partial charge in [0.25, 0.3) is 0 Å². The molecular weight excluding hydrogens is 521 g/mol. The van der Waals surface area contributed by atoms with Crippen molar-refractivity contribution in [2.45, 2.75) is 20.0 Å². The van der Waals surface area contributed by atoms with Crippen LogP contribution in [0.4, 0.5) is 4.39 Å². The van der Waals surface area contributed by atoms with Crippen LogP contribution < -0.4 is 4.74 Å². The molecule has 0 amide bonds. The first-order valence-corrected chi connectivity index (χ1v) is 12.9. The Kier molecular flexibility index (Phi) is 6.68. The van der Waals surface area contributed by atoms with Crippen molar-refractivity contribution in [3.63, 3.8) is 0 Å². The lowest BCUT2D eigenvalue weighted by molar-refractivity contribution is 0.0697. The van der Waals surface area contributed by atoms with Crippen LogP contribution in [0, 0.1) is 5.82 Å². The van der Waals surface area contributed by atoms with Crippen LogP contribution in [0.5, 0.6) is 5.75 Å². The van der Waals surface area contributed by atoms with Crippen LogP contribution in [-0.2, 0) is 0 Å². The largest absolute Gasteiger partial charge is 0.488 e. The van der Waals surface area contributed by atoms with E-state index in [1.807, 2.05) is 62.4 Å². The van der Waals surface area contributed by atoms with Gasteiger partial charge in [-0.2, -0.15) is 0 Å². The first kappa shape index (κ1) is 25.8. The van der Waals surface area contributed by atoms with E-state index in [9.17, 15) is 14.3 Å². The van der Waals surface area contributed by atoms with Gasteiger partial charge in [-0.3, -0.25) is 9.97 Å². The number of carbonyl (C=O) groups is 1. The smallest absolute Gasteiger partial charge is 0.335 e. The van der Waals surface area contributed by atoms with E-state index in [-0.39, 0.29) is 17.4 Å². The van der Waals surface area contributed by atoms with Crippen LogP contribution in [-0.4, -0.2) is 41.9 Å². The van der Waals surface area contributed by atoms with Gasteiger partial charge in [0.15, 0.2) is 23.2 Å². The number of rotatable bonds is 7. The number of hydrogen-bond donors (Lipinski definition) is 1. The van der Waals surface area contributed by atoms with E-state index in [0.29, 0.717) is 28.4 Å². The van der Waals surface area contributed by atoms with Gasteiger partial charge in [0.05, 0.1) is 28.4 Å². The van der Waals surface area contributed by atoms with Crippen molar-refractivity contribution in [2.75, 3.05) is 0 Å². The molecule has 0 bridgehead atoms. The molecule has 41 heavy (non-hydrogen) atoms. The van der Waals surface area contributed by atoms with Gasteiger partial charge in [0.1, 0.15) is 0 Å². The van der Waals surface area contributed by atoms with Crippen molar-refractivity contribution in [1.82, 2.24) is 24.7 Å². The second-order valence-electron chi connectivity index (χ2n) is 9.68. The fourth-order valence-electron chi connectivity index (χ4n) is 4.52. The maximum atomic E-state index is 14.6. The Morgan fingerprint density at radius 3 is 2.27 bits per heavy atom. The van der Waals surface area contributed by atoms with Gasteiger partial charge in [-0.1, -0.05) is 36.4 Å². The van der Waals surface area contributed by atoms with Crippen molar-refractivity contribution in [3.8, 4) is 45.3 Å². The zero-order valence-corrected chi connectivity index (χ0v) is 22.2. The topological polar surface area (TPSA) is 103 Å². The van der Waals surface area contributed by atoms with E-state index in [4.69, 9.17) is 14.8 Å². The first-order chi connectivity index (χ1) is 19.9. The predicted octanol–water partition coefficient (Wildman–Crippen LogP) is 6.84. The molecule has 0 aliphatic heterocycles. The van der Waals surface area contributed by atoms with Crippen LogP contribution in [0.2, 0.25) is 0 Å². The minimum absolute atomic E-state index is 0.124. The Hall–Kier alpha value is -5.44. The molecule has 0 unspecified atom stereocenters. The molecule has 4 aromatic carbocycles. The van der Waals surface area contributed by atoms with Crippen molar-refractivity contribution >= 4 is 17.0 Å². The minimum Gasteiger partial charge on any atom is -0.488 e. The summed E-state index contributed by atoms with van der Waals surface area (Å²) in [5, 5.41) is 14.3. The molecule has 0 radical (unpaired) electrons. The summed E-state index contributed by atoms with van der Waals surface area (Å²) in [5.41, 5.74) is 5.15. The van der Waals surface area contributed by atoms with Crippen molar-refractivity contribution in [3.05, 3.63) is 109 Å². The molecule has 0 fully saturated rings. The molecule has 1 N–H and O–H groups in total. The number of hydrogen-bond acceptors (Lipinski definition) is 6. The number of halogens is 1. The standard InChI is InChI=1S/C32H24FN5O3/c1-19(2)41-29-13-11-22(17-26(29)33)20-6-8-21(9-7-20)30-36-31(23-10-12-27-28(18-23)35-15-14-34-27)38(37-30)25-5-3-4-24(16-25)32(39)40/h3-19H,1-2H3,(H,39,40). The van der Waals surface area contributed by atoms with E-state index >= 15 is 0 Å². The highest BCUT2D eigenvalue weighted by atomic mass is 19.1. The molecule has 6 aromatic rings. The fourth-order valence-corrected chi connectivity index (χ4v) is 4.52. The summed E-state index contributed by atoms with van der Waals surface area (Å²) in [4.78, 5) is 25.2. The van der Waals surface area contributed by atoms with Crippen LogP contribution in [0.1, 0.15) is 24.2 Å². The second kappa shape index (κ2) is 10.6. The van der Waals surface area contributed by atoms with E-state index < -0.39 is 11.8 Å². The Bertz CT molecular complexity index is 1900. The lowest BCUT2D eigenvalue weighted by atomic mass is 10.0. The molecule has 0 atom stereocenters. The average Bonchev–Trinajstić information content (AvgIpc) is 3.44. The normalized spacial score (nSPS) is 11.2. The number of carboxylic acid groups (broad SMARTS) is 1. The molecule has 0 saturated heterocycles. The van der Waals surface area contributed by atoms with Crippen molar-refractivity contribution in [2.24, 2.45) is 0 Å². The third-order valence-electron chi connectivity index (χ3n) is 6.44. The van der Waals surface area contributed by atoms with Gasteiger partial charge in [-0.05, 0) is 73.5 Å². The quantitative estimate of drug-likeness (QED) is 0.234. The van der Waals surface area contributed by atoms with E-state index in [1.165, 1.54) is 12.1 Å². The van der Waals surface area contributed by atoms with E-state index in [0.717, 1.165) is 22.2 Å². The summed E-state index contributed by atoms with van der Waals surface area (Å²) in [6.07, 6.45) is 3.13. The molecule has 6 rings (SSSR count). The highest BCUT2D eigenvalue weighted by Crippen LogP contribution is 2.30. The molecule has 8 nitrogen and oxygen atoms in total. The molecule has 202 valence electrons. The Balaban J connectivity index is 1.41.